The Morgan fingerprint density at radius 1 is 1.24 bits per heavy atom. The molecule has 0 saturated heterocycles. The van der Waals surface area contributed by atoms with Crippen LogP contribution in [0, 0.1) is 0 Å². The molecule has 1 saturated carbocycles. The van der Waals surface area contributed by atoms with Crippen molar-refractivity contribution in [2.24, 2.45) is 5.84 Å². The topological polar surface area (TPSA) is 61.6 Å². The van der Waals surface area contributed by atoms with Crippen LogP contribution in [0.5, 0.6) is 0 Å². The Kier molecular flexibility index (Phi) is 4.98. The van der Waals surface area contributed by atoms with Crippen molar-refractivity contribution in [3.05, 3.63) is 35.4 Å². The Hall–Kier alpha value is -1.43. The van der Waals surface area contributed by atoms with Crippen molar-refractivity contribution in [1.29, 1.82) is 0 Å². The van der Waals surface area contributed by atoms with Gasteiger partial charge in [-0.1, -0.05) is 12.1 Å². The van der Waals surface area contributed by atoms with Crippen LogP contribution in [-0.2, 0) is 6.54 Å². The van der Waals surface area contributed by atoms with Crippen molar-refractivity contribution < 1.29 is 4.79 Å². The molecular weight excluding hydrogens is 264 g/mol. The molecule has 0 bridgehead atoms. The molecule has 116 valence electrons. The second-order valence-corrected chi connectivity index (χ2v) is 6.31. The third-order valence-corrected chi connectivity index (χ3v) is 4.60. The molecule has 1 aromatic rings. The standard InChI is InChI=1S/C16H26N4O/c1-19(2)16(9-4-10-16)12-20(3)11-13-5-7-14(8-6-13)15(21)18-17/h5-8H,4,9-12,17H2,1-3H3,(H,18,21). The molecule has 0 atom stereocenters. The number of benzene rings is 1. The third kappa shape index (κ3) is 3.61. The Morgan fingerprint density at radius 2 is 1.86 bits per heavy atom. The molecule has 1 aliphatic rings. The number of hydrazine groups is 1. The zero-order valence-electron chi connectivity index (χ0n) is 13.2. The van der Waals surface area contributed by atoms with E-state index in [0.717, 1.165) is 13.1 Å². The van der Waals surface area contributed by atoms with Crippen LogP contribution in [-0.4, -0.2) is 48.9 Å². The minimum Gasteiger partial charge on any atom is -0.302 e. The number of nitrogens with zero attached hydrogens (tertiary/aromatic N) is 2. The number of likely N-dealkylation sites (N-methyl/N-ethyl adjacent to an activating group) is 2. The van der Waals surface area contributed by atoms with E-state index in [4.69, 9.17) is 5.84 Å². The first-order valence-corrected chi connectivity index (χ1v) is 7.43. The summed E-state index contributed by atoms with van der Waals surface area (Å²) in [7, 11) is 6.50. The van der Waals surface area contributed by atoms with Crippen molar-refractivity contribution in [1.82, 2.24) is 15.2 Å². The van der Waals surface area contributed by atoms with Crippen LogP contribution < -0.4 is 11.3 Å². The van der Waals surface area contributed by atoms with E-state index in [2.05, 4.69) is 36.4 Å². The normalized spacial score (nSPS) is 16.9. The molecule has 1 amide bonds. The first kappa shape index (κ1) is 15.9. The van der Waals surface area contributed by atoms with Crippen LogP contribution in [0.25, 0.3) is 0 Å². The van der Waals surface area contributed by atoms with E-state index in [1.807, 2.05) is 24.3 Å². The van der Waals surface area contributed by atoms with E-state index in [1.165, 1.54) is 24.8 Å². The SMILES string of the molecule is CN(Cc1ccc(C(=O)NN)cc1)CC1(N(C)C)CCC1. The van der Waals surface area contributed by atoms with Crippen LogP contribution in [0.3, 0.4) is 0 Å². The highest BCUT2D eigenvalue weighted by Crippen LogP contribution is 2.36. The molecule has 5 heteroatoms. The minimum atomic E-state index is -0.254. The number of rotatable bonds is 6. The van der Waals surface area contributed by atoms with Crippen molar-refractivity contribution in [2.45, 2.75) is 31.3 Å². The second-order valence-electron chi connectivity index (χ2n) is 6.31. The summed E-state index contributed by atoms with van der Waals surface area (Å²) in [5, 5.41) is 0. The number of carbonyl (C=O) groups excluding carboxylic acids is 1. The van der Waals surface area contributed by atoms with E-state index in [0.29, 0.717) is 11.1 Å². The van der Waals surface area contributed by atoms with Gasteiger partial charge in [0.15, 0.2) is 0 Å². The summed E-state index contributed by atoms with van der Waals surface area (Å²) in [5.41, 5.74) is 4.28. The summed E-state index contributed by atoms with van der Waals surface area (Å²) >= 11 is 0. The van der Waals surface area contributed by atoms with Crippen LogP contribution in [0.2, 0.25) is 0 Å². The van der Waals surface area contributed by atoms with Crippen molar-refractivity contribution in [2.75, 3.05) is 27.7 Å². The number of nitrogen functional groups attached to an aromatic ring is 1. The molecule has 0 aliphatic heterocycles. The number of carbonyl (C=O) groups is 1. The van der Waals surface area contributed by atoms with E-state index >= 15 is 0 Å². The fraction of sp³-hybridized carbons (Fsp3) is 0.562. The van der Waals surface area contributed by atoms with E-state index in [-0.39, 0.29) is 5.91 Å². The van der Waals surface area contributed by atoms with Crippen LogP contribution in [0.4, 0.5) is 0 Å². The Morgan fingerprint density at radius 3 is 2.29 bits per heavy atom. The van der Waals surface area contributed by atoms with Gasteiger partial charge in [-0.15, -0.1) is 0 Å². The summed E-state index contributed by atoms with van der Waals surface area (Å²) in [6.45, 7) is 1.96. The van der Waals surface area contributed by atoms with Gasteiger partial charge in [0.2, 0.25) is 0 Å². The molecule has 21 heavy (non-hydrogen) atoms. The van der Waals surface area contributed by atoms with Crippen molar-refractivity contribution in [3.63, 3.8) is 0 Å². The molecule has 2 rings (SSSR count). The van der Waals surface area contributed by atoms with Crippen LogP contribution in [0.15, 0.2) is 24.3 Å². The summed E-state index contributed by atoms with van der Waals surface area (Å²) in [6.07, 6.45) is 3.88. The molecule has 0 heterocycles. The summed E-state index contributed by atoms with van der Waals surface area (Å²) in [6, 6.07) is 7.61. The largest absolute Gasteiger partial charge is 0.302 e. The highest BCUT2D eigenvalue weighted by atomic mass is 16.2. The molecular formula is C16H26N4O. The molecule has 0 radical (unpaired) electrons. The monoisotopic (exact) mass is 290 g/mol. The fourth-order valence-corrected chi connectivity index (χ4v) is 3.05. The van der Waals surface area contributed by atoms with Crippen LogP contribution in [0.1, 0.15) is 35.2 Å². The zero-order chi connectivity index (χ0) is 15.5. The maximum Gasteiger partial charge on any atom is 0.265 e. The van der Waals surface area contributed by atoms with Gasteiger partial charge in [-0.05, 0) is 58.1 Å². The van der Waals surface area contributed by atoms with Crippen molar-refractivity contribution >= 4 is 5.91 Å². The van der Waals surface area contributed by atoms with Gasteiger partial charge in [0.25, 0.3) is 5.91 Å². The van der Waals surface area contributed by atoms with Gasteiger partial charge >= 0.3 is 0 Å². The molecule has 3 N–H and O–H groups in total. The lowest BCUT2D eigenvalue weighted by Gasteiger charge is -2.49. The smallest absolute Gasteiger partial charge is 0.265 e. The quantitative estimate of drug-likeness (QED) is 0.469. The highest BCUT2D eigenvalue weighted by molar-refractivity contribution is 5.93. The summed E-state index contributed by atoms with van der Waals surface area (Å²) in [4.78, 5) is 16.1. The van der Waals surface area contributed by atoms with Crippen LogP contribution >= 0.6 is 0 Å². The maximum absolute atomic E-state index is 11.4. The first-order chi connectivity index (χ1) is 9.97. The number of nitrogens with one attached hydrogen (secondary N) is 1. The van der Waals surface area contributed by atoms with E-state index in [9.17, 15) is 4.79 Å². The summed E-state index contributed by atoms with van der Waals surface area (Å²) < 4.78 is 0. The Labute approximate surface area is 127 Å². The maximum atomic E-state index is 11.4. The number of hydrogen-bond acceptors (Lipinski definition) is 4. The molecule has 1 fully saturated rings. The predicted molar refractivity (Wildman–Crippen MR) is 84.7 cm³/mol. The van der Waals surface area contributed by atoms with E-state index in [1.54, 1.807) is 0 Å². The minimum absolute atomic E-state index is 0.254. The van der Waals surface area contributed by atoms with Gasteiger partial charge in [0, 0.05) is 24.2 Å². The van der Waals surface area contributed by atoms with Gasteiger partial charge in [0.05, 0.1) is 0 Å². The zero-order valence-corrected chi connectivity index (χ0v) is 13.2. The molecule has 0 spiro atoms. The first-order valence-electron chi connectivity index (χ1n) is 7.43. The van der Waals surface area contributed by atoms with Gasteiger partial charge in [-0.25, -0.2) is 5.84 Å². The average molecular weight is 290 g/mol. The highest BCUT2D eigenvalue weighted by Gasteiger charge is 2.39. The lowest BCUT2D eigenvalue weighted by molar-refractivity contribution is 0.0259. The third-order valence-electron chi connectivity index (χ3n) is 4.60. The number of nitrogens with two attached hydrogens (primary N) is 1. The number of amides is 1. The summed E-state index contributed by atoms with van der Waals surface area (Å²) in [5.74, 6) is 4.88. The molecule has 0 aromatic heterocycles. The molecule has 1 aliphatic carbocycles. The Bertz CT molecular complexity index is 480. The lowest BCUT2D eigenvalue weighted by Crippen LogP contribution is -2.56. The second kappa shape index (κ2) is 6.56. The number of hydrogen-bond donors (Lipinski definition) is 2. The molecule has 5 nitrogen and oxygen atoms in total. The van der Waals surface area contributed by atoms with E-state index < -0.39 is 0 Å². The van der Waals surface area contributed by atoms with Gasteiger partial charge in [0.1, 0.15) is 0 Å². The Balaban J connectivity index is 1.93. The predicted octanol–water partition coefficient (Wildman–Crippen LogP) is 1.21. The van der Waals surface area contributed by atoms with Gasteiger partial charge in [-0.2, -0.15) is 0 Å². The van der Waals surface area contributed by atoms with Gasteiger partial charge in [-0.3, -0.25) is 10.2 Å². The average Bonchev–Trinajstić information content (AvgIpc) is 2.42. The molecule has 0 unspecified atom stereocenters. The molecule has 1 aromatic carbocycles. The fourth-order valence-electron chi connectivity index (χ4n) is 3.05. The van der Waals surface area contributed by atoms with Gasteiger partial charge < -0.3 is 9.80 Å². The lowest BCUT2D eigenvalue weighted by atomic mass is 9.75. The van der Waals surface area contributed by atoms with Crippen molar-refractivity contribution in [3.8, 4) is 0 Å².